The SMILES string of the molecule is CCNc1cncc(OC2CC(C)CCC2C(C)C)c1. The van der Waals surface area contributed by atoms with Gasteiger partial charge in [-0.05, 0) is 37.5 Å². The molecule has 1 heterocycles. The van der Waals surface area contributed by atoms with Crippen LogP contribution in [0.3, 0.4) is 0 Å². The maximum absolute atomic E-state index is 6.28. The van der Waals surface area contributed by atoms with Crippen molar-refractivity contribution in [3.63, 3.8) is 0 Å². The van der Waals surface area contributed by atoms with Gasteiger partial charge in [-0.1, -0.05) is 27.2 Å². The minimum atomic E-state index is 0.331. The van der Waals surface area contributed by atoms with Crippen molar-refractivity contribution >= 4 is 5.69 Å². The van der Waals surface area contributed by atoms with Crippen LogP contribution in [0.25, 0.3) is 0 Å². The molecule has 1 aliphatic rings. The maximum atomic E-state index is 6.28. The van der Waals surface area contributed by atoms with E-state index in [1.54, 1.807) is 0 Å². The number of anilines is 1. The topological polar surface area (TPSA) is 34.2 Å². The third-order valence-electron chi connectivity index (χ3n) is 4.34. The van der Waals surface area contributed by atoms with Gasteiger partial charge in [-0.25, -0.2) is 0 Å². The highest BCUT2D eigenvalue weighted by Crippen LogP contribution is 2.36. The predicted molar refractivity (Wildman–Crippen MR) is 84.2 cm³/mol. The molecule has 0 radical (unpaired) electrons. The van der Waals surface area contributed by atoms with Crippen LogP contribution < -0.4 is 10.1 Å². The van der Waals surface area contributed by atoms with E-state index in [9.17, 15) is 0 Å². The van der Waals surface area contributed by atoms with Gasteiger partial charge in [0.1, 0.15) is 11.9 Å². The van der Waals surface area contributed by atoms with Gasteiger partial charge >= 0.3 is 0 Å². The van der Waals surface area contributed by atoms with Gasteiger partial charge in [0.05, 0.1) is 18.1 Å². The van der Waals surface area contributed by atoms with Crippen molar-refractivity contribution in [1.29, 1.82) is 0 Å². The van der Waals surface area contributed by atoms with Gasteiger partial charge < -0.3 is 10.1 Å². The Kier molecular flexibility index (Phi) is 5.27. The van der Waals surface area contributed by atoms with Crippen LogP contribution in [-0.4, -0.2) is 17.6 Å². The lowest BCUT2D eigenvalue weighted by atomic mass is 9.75. The Balaban J connectivity index is 2.07. The molecular formula is C17H28N2O. The van der Waals surface area contributed by atoms with Gasteiger partial charge in [0, 0.05) is 12.6 Å². The molecule has 1 aliphatic carbocycles. The maximum Gasteiger partial charge on any atom is 0.140 e. The van der Waals surface area contributed by atoms with Crippen molar-refractivity contribution in [1.82, 2.24) is 4.98 Å². The minimum Gasteiger partial charge on any atom is -0.488 e. The van der Waals surface area contributed by atoms with Crippen LogP contribution in [0.1, 0.15) is 47.0 Å². The van der Waals surface area contributed by atoms with Crippen LogP contribution in [-0.2, 0) is 0 Å². The zero-order chi connectivity index (χ0) is 14.5. The summed E-state index contributed by atoms with van der Waals surface area (Å²) < 4.78 is 6.28. The Labute approximate surface area is 123 Å². The van der Waals surface area contributed by atoms with Gasteiger partial charge in [-0.3, -0.25) is 4.98 Å². The van der Waals surface area contributed by atoms with Crippen LogP contribution in [0.15, 0.2) is 18.5 Å². The molecule has 112 valence electrons. The summed E-state index contributed by atoms with van der Waals surface area (Å²) in [5.74, 6) is 3.00. The first-order chi connectivity index (χ1) is 9.60. The van der Waals surface area contributed by atoms with Crippen LogP contribution in [0, 0.1) is 17.8 Å². The number of aromatic nitrogens is 1. The standard InChI is InChI=1S/C17H28N2O/c1-5-19-14-9-15(11-18-10-14)20-17-8-13(4)6-7-16(17)12(2)3/h9-13,16-17,19H,5-8H2,1-4H3. The highest BCUT2D eigenvalue weighted by Gasteiger charge is 2.32. The molecule has 1 aromatic heterocycles. The smallest absolute Gasteiger partial charge is 0.140 e. The molecule has 0 saturated heterocycles. The number of pyridine rings is 1. The number of ether oxygens (including phenoxy) is 1. The number of nitrogens with zero attached hydrogens (tertiary/aromatic N) is 1. The monoisotopic (exact) mass is 276 g/mol. The van der Waals surface area contributed by atoms with Gasteiger partial charge in [0.15, 0.2) is 0 Å². The molecule has 1 aromatic rings. The summed E-state index contributed by atoms with van der Waals surface area (Å²) in [6, 6.07) is 2.06. The Morgan fingerprint density at radius 3 is 2.85 bits per heavy atom. The van der Waals surface area contributed by atoms with Crippen molar-refractivity contribution in [2.45, 2.75) is 53.1 Å². The summed E-state index contributed by atoms with van der Waals surface area (Å²) in [4.78, 5) is 4.27. The van der Waals surface area contributed by atoms with E-state index in [4.69, 9.17) is 4.74 Å². The quantitative estimate of drug-likeness (QED) is 0.868. The summed E-state index contributed by atoms with van der Waals surface area (Å²) in [6.07, 6.45) is 7.78. The van der Waals surface area contributed by atoms with E-state index < -0.39 is 0 Å². The molecule has 0 amide bonds. The fourth-order valence-electron chi connectivity index (χ4n) is 3.21. The summed E-state index contributed by atoms with van der Waals surface area (Å²) in [5, 5.41) is 3.29. The van der Waals surface area contributed by atoms with Gasteiger partial charge in [-0.15, -0.1) is 0 Å². The highest BCUT2D eigenvalue weighted by atomic mass is 16.5. The lowest BCUT2D eigenvalue weighted by Crippen LogP contribution is -2.36. The average Bonchev–Trinajstić information content (AvgIpc) is 2.39. The van der Waals surface area contributed by atoms with Crippen LogP contribution in [0.2, 0.25) is 0 Å². The van der Waals surface area contributed by atoms with E-state index >= 15 is 0 Å². The third-order valence-corrected chi connectivity index (χ3v) is 4.34. The Morgan fingerprint density at radius 2 is 2.15 bits per heavy atom. The molecule has 3 atom stereocenters. The summed E-state index contributed by atoms with van der Waals surface area (Å²) in [5.41, 5.74) is 1.04. The Bertz CT molecular complexity index is 419. The molecule has 1 saturated carbocycles. The van der Waals surface area contributed by atoms with Crippen LogP contribution >= 0.6 is 0 Å². The largest absolute Gasteiger partial charge is 0.488 e. The molecule has 0 bridgehead atoms. The van der Waals surface area contributed by atoms with E-state index in [2.05, 4.69) is 44.1 Å². The predicted octanol–water partition coefficient (Wildman–Crippen LogP) is 4.35. The molecule has 3 unspecified atom stereocenters. The average molecular weight is 276 g/mol. The van der Waals surface area contributed by atoms with E-state index in [0.29, 0.717) is 17.9 Å². The second-order valence-electron chi connectivity index (χ2n) is 6.42. The first kappa shape index (κ1) is 15.1. The first-order valence-electron chi connectivity index (χ1n) is 7.95. The first-order valence-corrected chi connectivity index (χ1v) is 7.95. The lowest BCUT2D eigenvalue weighted by molar-refractivity contribution is 0.0458. The zero-order valence-corrected chi connectivity index (χ0v) is 13.2. The molecule has 1 N–H and O–H groups in total. The molecule has 0 spiro atoms. The number of hydrogen-bond acceptors (Lipinski definition) is 3. The van der Waals surface area contributed by atoms with Crippen LogP contribution in [0.5, 0.6) is 5.75 Å². The van der Waals surface area contributed by atoms with Crippen molar-refractivity contribution in [2.24, 2.45) is 17.8 Å². The zero-order valence-electron chi connectivity index (χ0n) is 13.2. The second kappa shape index (κ2) is 6.96. The third kappa shape index (κ3) is 3.87. The normalized spacial score (nSPS) is 26.6. The molecule has 1 fully saturated rings. The van der Waals surface area contributed by atoms with E-state index in [0.717, 1.165) is 30.3 Å². The molecule has 0 aliphatic heterocycles. The van der Waals surface area contributed by atoms with E-state index in [1.807, 2.05) is 12.4 Å². The Hall–Kier alpha value is -1.25. The van der Waals surface area contributed by atoms with Crippen molar-refractivity contribution < 1.29 is 4.74 Å². The van der Waals surface area contributed by atoms with Gasteiger partial charge in [0.25, 0.3) is 0 Å². The van der Waals surface area contributed by atoms with E-state index in [-0.39, 0.29) is 0 Å². The number of rotatable bonds is 5. The van der Waals surface area contributed by atoms with Crippen molar-refractivity contribution in [3.8, 4) is 5.75 Å². The van der Waals surface area contributed by atoms with Crippen LogP contribution in [0.4, 0.5) is 5.69 Å². The number of hydrogen-bond donors (Lipinski definition) is 1. The summed E-state index contributed by atoms with van der Waals surface area (Å²) in [6.45, 7) is 9.94. The van der Waals surface area contributed by atoms with Gasteiger partial charge in [0.2, 0.25) is 0 Å². The molecular weight excluding hydrogens is 248 g/mol. The van der Waals surface area contributed by atoms with E-state index in [1.165, 1.54) is 12.8 Å². The summed E-state index contributed by atoms with van der Waals surface area (Å²) in [7, 11) is 0. The molecule has 2 rings (SSSR count). The molecule has 0 aromatic carbocycles. The lowest BCUT2D eigenvalue weighted by Gasteiger charge is -2.37. The summed E-state index contributed by atoms with van der Waals surface area (Å²) >= 11 is 0. The highest BCUT2D eigenvalue weighted by molar-refractivity contribution is 5.45. The van der Waals surface area contributed by atoms with Crippen molar-refractivity contribution in [3.05, 3.63) is 18.5 Å². The molecule has 3 nitrogen and oxygen atoms in total. The fraction of sp³-hybridized carbons (Fsp3) is 0.706. The van der Waals surface area contributed by atoms with Crippen molar-refractivity contribution in [2.75, 3.05) is 11.9 Å². The fourth-order valence-corrected chi connectivity index (χ4v) is 3.21. The number of nitrogens with one attached hydrogen (secondary N) is 1. The Morgan fingerprint density at radius 1 is 1.35 bits per heavy atom. The second-order valence-corrected chi connectivity index (χ2v) is 6.42. The minimum absolute atomic E-state index is 0.331. The van der Waals surface area contributed by atoms with Gasteiger partial charge in [-0.2, -0.15) is 0 Å². The molecule has 3 heteroatoms. The molecule has 20 heavy (non-hydrogen) atoms.